The Labute approximate surface area is 109 Å². The molecule has 0 saturated carbocycles. The van der Waals surface area contributed by atoms with Gasteiger partial charge in [-0.05, 0) is 24.5 Å². The Hall–Kier alpha value is -1.55. The molecule has 0 spiro atoms. The molecule has 0 bridgehead atoms. The van der Waals surface area contributed by atoms with Crippen LogP contribution >= 0.6 is 0 Å². The van der Waals surface area contributed by atoms with Gasteiger partial charge in [0.2, 0.25) is 5.91 Å². The molecule has 1 amide bonds. The lowest BCUT2D eigenvalue weighted by molar-refractivity contribution is -0.117. The van der Waals surface area contributed by atoms with Crippen molar-refractivity contribution >= 4 is 17.3 Å². The average Bonchev–Trinajstić information content (AvgIpc) is 2.28. The zero-order chi connectivity index (χ0) is 13.7. The van der Waals surface area contributed by atoms with Gasteiger partial charge >= 0.3 is 0 Å². The topological polar surface area (TPSA) is 58.4 Å². The van der Waals surface area contributed by atoms with Crippen LogP contribution in [0.4, 0.5) is 11.4 Å². The van der Waals surface area contributed by atoms with Crippen LogP contribution in [0.5, 0.6) is 0 Å². The molecular weight excluding hydrogens is 226 g/mol. The summed E-state index contributed by atoms with van der Waals surface area (Å²) in [4.78, 5) is 13.9. The number of amides is 1. The van der Waals surface area contributed by atoms with Gasteiger partial charge in [-0.15, -0.1) is 0 Å². The summed E-state index contributed by atoms with van der Waals surface area (Å²) in [6.07, 6.45) is 0.690. The first-order chi connectivity index (χ1) is 8.41. The minimum Gasteiger partial charge on any atom is -0.376 e. The Balaban J connectivity index is 2.75. The van der Waals surface area contributed by atoms with Crippen LogP contribution in [0.3, 0.4) is 0 Å². The zero-order valence-electron chi connectivity index (χ0n) is 11.6. The SMILES string of the molecule is CC(C)CC(N)C(=O)Nc1ccccc1N(C)C. The smallest absolute Gasteiger partial charge is 0.241 e. The molecule has 0 fully saturated rings. The number of hydrogen-bond acceptors (Lipinski definition) is 3. The summed E-state index contributed by atoms with van der Waals surface area (Å²) in [5.74, 6) is 0.285. The highest BCUT2D eigenvalue weighted by Crippen LogP contribution is 2.23. The molecule has 1 rings (SSSR count). The van der Waals surface area contributed by atoms with E-state index in [0.29, 0.717) is 12.3 Å². The molecule has 4 nitrogen and oxygen atoms in total. The molecule has 0 aliphatic heterocycles. The van der Waals surface area contributed by atoms with Crippen LogP contribution in [0, 0.1) is 5.92 Å². The lowest BCUT2D eigenvalue weighted by Gasteiger charge is -2.19. The summed E-state index contributed by atoms with van der Waals surface area (Å²) < 4.78 is 0. The molecule has 18 heavy (non-hydrogen) atoms. The predicted octanol–water partition coefficient (Wildman–Crippen LogP) is 2.06. The number of rotatable bonds is 5. The second-order valence-electron chi connectivity index (χ2n) is 5.14. The molecule has 1 unspecified atom stereocenters. The van der Waals surface area contributed by atoms with Gasteiger partial charge in [0, 0.05) is 14.1 Å². The molecule has 3 N–H and O–H groups in total. The quantitative estimate of drug-likeness (QED) is 0.840. The molecule has 0 aliphatic rings. The van der Waals surface area contributed by atoms with Crippen molar-refractivity contribution in [1.29, 1.82) is 0 Å². The first kappa shape index (κ1) is 14.5. The van der Waals surface area contributed by atoms with E-state index in [9.17, 15) is 4.79 Å². The van der Waals surface area contributed by atoms with E-state index in [4.69, 9.17) is 5.73 Å². The second kappa shape index (κ2) is 6.40. The maximum absolute atomic E-state index is 12.0. The highest BCUT2D eigenvalue weighted by Gasteiger charge is 2.16. The van der Waals surface area contributed by atoms with Crippen LogP contribution in [0.15, 0.2) is 24.3 Å². The Bertz CT molecular complexity index is 402. The number of nitrogens with one attached hydrogen (secondary N) is 1. The zero-order valence-corrected chi connectivity index (χ0v) is 11.6. The van der Waals surface area contributed by atoms with Gasteiger partial charge in [0.25, 0.3) is 0 Å². The van der Waals surface area contributed by atoms with Crippen LogP contribution in [0.25, 0.3) is 0 Å². The average molecular weight is 249 g/mol. The molecular formula is C14H23N3O. The molecule has 0 aliphatic carbocycles. The lowest BCUT2D eigenvalue weighted by Crippen LogP contribution is -2.37. The fraction of sp³-hybridized carbons (Fsp3) is 0.500. The molecule has 100 valence electrons. The Morgan fingerprint density at radius 2 is 1.94 bits per heavy atom. The summed E-state index contributed by atoms with van der Waals surface area (Å²) in [7, 11) is 3.89. The van der Waals surface area contributed by atoms with Gasteiger partial charge in [-0.1, -0.05) is 26.0 Å². The van der Waals surface area contributed by atoms with Crippen molar-refractivity contribution < 1.29 is 4.79 Å². The van der Waals surface area contributed by atoms with Crippen LogP contribution in [-0.2, 0) is 4.79 Å². The first-order valence-corrected chi connectivity index (χ1v) is 6.24. The van der Waals surface area contributed by atoms with Crippen LogP contribution in [-0.4, -0.2) is 26.0 Å². The molecule has 0 aromatic heterocycles. The van der Waals surface area contributed by atoms with E-state index in [1.54, 1.807) is 0 Å². The Kier molecular flexibility index (Phi) is 5.16. The first-order valence-electron chi connectivity index (χ1n) is 6.24. The summed E-state index contributed by atoms with van der Waals surface area (Å²) in [5.41, 5.74) is 7.64. The monoisotopic (exact) mass is 249 g/mol. The van der Waals surface area contributed by atoms with E-state index in [2.05, 4.69) is 19.2 Å². The molecule has 1 atom stereocenters. The van der Waals surface area contributed by atoms with Gasteiger partial charge in [0.15, 0.2) is 0 Å². The normalized spacial score (nSPS) is 12.3. The van der Waals surface area contributed by atoms with Gasteiger partial charge in [-0.25, -0.2) is 0 Å². The molecule has 0 heterocycles. The minimum absolute atomic E-state index is 0.127. The fourth-order valence-electron chi connectivity index (χ4n) is 1.81. The van der Waals surface area contributed by atoms with Crippen molar-refractivity contribution in [3.05, 3.63) is 24.3 Å². The van der Waals surface area contributed by atoms with Crippen LogP contribution in [0.1, 0.15) is 20.3 Å². The van der Waals surface area contributed by atoms with E-state index in [1.807, 2.05) is 43.3 Å². The van der Waals surface area contributed by atoms with Gasteiger partial charge in [-0.3, -0.25) is 4.79 Å². The van der Waals surface area contributed by atoms with E-state index >= 15 is 0 Å². The third-order valence-electron chi connectivity index (χ3n) is 2.71. The van der Waals surface area contributed by atoms with E-state index in [1.165, 1.54) is 0 Å². The van der Waals surface area contributed by atoms with Crippen molar-refractivity contribution in [2.45, 2.75) is 26.3 Å². The van der Waals surface area contributed by atoms with Crippen LogP contribution < -0.4 is 16.0 Å². The largest absolute Gasteiger partial charge is 0.376 e. The summed E-state index contributed by atoms with van der Waals surface area (Å²) in [6.45, 7) is 4.11. The number of nitrogens with two attached hydrogens (primary N) is 1. The van der Waals surface area contributed by atoms with Gasteiger partial charge < -0.3 is 16.0 Å². The maximum Gasteiger partial charge on any atom is 0.241 e. The highest BCUT2D eigenvalue weighted by atomic mass is 16.2. The van der Waals surface area contributed by atoms with Crippen molar-refractivity contribution in [3.63, 3.8) is 0 Å². The molecule has 1 aromatic carbocycles. The second-order valence-corrected chi connectivity index (χ2v) is 5.14. The molecule has 0 radical (unpaired) electrons. The fourth-order valence-corrected chi connectivity index (χ4v) is 1.81. The number of nitrogens with zero attached hydrogens (tertiary/aromatic N) is 1. The Morgan fingerprint density at radius 1 is 1.33 bits per heavy atom. The van der Waals surface area contributed by atoms with Gasteiger partial charge in [-0.2, -0.15) is 0 Å². The minimum atomic E-state index is -0.458. The third kappa shape index (κ3) is 4.04. The molecule has 4 heteroatoms. The lowest BCUT2D eigenvalue weighted by atomic mass is 10.0. The van der Waals surface area contributed by atoms with Crippen molar-refractivity contribution in [1.82, 2.24) is 0 Å². The van der Waals surface area contributed by atoms with Crippen molar-refractivity contribution in [3.8, 4) is 0 Å². The van der Waals surface area contributed by atoms with Crippen LogP contribution in [0.2, 0.25) is 0 Å². The Morgan fingerprint density at radius 3 is 2.50 bits per heavy atom. The van der Waals surface area contributed by atoms with Crippen molar-refractivity contribution in [2.24, 2.45) is 11.7 Å². The summed E-state index contributed by atoms with van der Waals surface area (Å²) >= 11 is 0. The maximum atomic E-state index is 12.0. The summed E-state index contributed by atoms with van der Waals surface area (Å²) in [5, 5.41) is 2.89. The standard InChI is InChI=1S/C14H23N3O/c1-10(2)9-11(15)14(18)16-12-7-5-6-8-13(12)17(3)4/h5-8,10-11H,9,15H2,1-4H3,(H,16,18). The number of para-hydroxylation sites is 2. The molecule has 0 saturated heterocycles. The predicted molar refractivity (Wildman–Crippen MR) is 76.8 cm³/mol. The number of anilines is 2. The number of hydrogen-bond donors (Lipinski definition) is 2. The number of carbonyl (C=O) groups excluding carboxylic acids is 1. The van der Waals surface area contributed by atoms with E-state index in [-0.39, 0.29) is 5.91 Å². The van der Waals surface area contributed by atoms with E-state index < -0.39 is 6.04 Å². The van der Waals surface area contributed by atoms with Gasteiger partial charge in [0.05, 0.1) is 17.4 Å². The summed E-state index contributed by atoms with van der Waals surface area (Å²) in [6, 6.07) is 7.23. The van der Waals surface area contributed by atoms with Crippen molar-refractivity contribution in [2.75, 3.05) is 24.3 Å². The molecule has 1 aromatic rings. The highest BCUT2D eigenvalue weighted by molar-refractivity contribution is 5.97. The number of benzene rings is 1. The van der Waals surface area contributed by atoms with E-state index in [0.717, 1.165) is 11.4 Å². The van der Waals surface area contributed by atoms with Gasteiger partial charge in [0.1, 0.15) is 0 Å². The third-order valence-corrected chi connectivity index (χ3v) is 2.71. The number of carbonyl (C=O) groups is 1.